The van der Waals surface area contributed by atoms with Crippen LogP contribution in [0.15, 0.2) is 18.2 Å². The maximum Gasteiger partial charge on any atom is 0.151 e. The van der Waals surface area contributed by atoms with E-state index in [1.165, 1.54) is 0 Å². The van der Waals surface area contributed by atoms with Gasteiger partial charge in [-0.2, -0.15) is 0 Å². The van der Waals surface area contributed by atoms with Crippen LogP contribution in [0.1, 0.15) is 18.1 Å². The number of anilines is 1. The summed E-state index contributed by atoms with van der Waals surface area (Å²) in [6.07, 6.45) is 0. The molecule has 1 aromatic heterocycles. The Labute approximate surface area is 125 Å². The van der Waals surface area contributed by atoms with Gasteiger partial charge in [0.15, 0.2) is 5.82 Å². The van der Waals surface area contributed by atoms with Crippen molar-refractivity contribution >= 4 is 5.82 Å². The van der Waals surface area contributed by atoms with Gasteiger partial charge in [-0.15, -0.1) is 10.2 Å². The van der Waals surface area contributed by atoms with Gasteiger partial charge in [-0.3, -0.25) is 0 Å². The maximum absolute atomic E-state index is 5.45. The van der Waals surface area contributed by atoms with Gasteiger partial charge in [0.1, 0.15) is 11.5 Å². The predicted octanol–water partition coefficient (Wildman–Crippen LogP) is 3.21. The van der Waals surface area contributed by atoms with Gasteiger partial charge in [-0.25, -0.2) is 0 Å². The van der Waals surface area contributed by atoms with Crippen LogP contribution in [0.4, 0.5) is 5.82 Å². The number of methoxy groups -OCH3 is 2. The standard InChI is InChI=1S/C16H21N3O2/c1-6-17-16-11(3)10(2)15(18-19-16)13-8-7-12(20-4)9-14(13)21-5/h7-9H,6H2,1-5H3,(H,17,19). The molecule has 0 fully saturated rings. The molecule has 0 aliphatic heterocycles. The van der Waals surface area contributed by atoms with Crippen LogP contribution in [-0.2, 0) is 0 Å². The third-order valence-electron chi connectivity index (χ3n) is 3.53. The molecule has 2 aromatic rings. The van der Waals surface area contributed by atoms with E-state index in [9.17, 15) is 0 Å². The Morgan fingerprint density at radius 3 is 2.43 bits per heavy atom. The first-order valence-electron chi connectivity index (χ1n) is 6.92. The summed E-state index contributed by atoms with van der Waals surface area (Å²) >= 11 is 0. The number of benzene rings is 1. The average molecular weight is 287 g/mol. The number of ether oxygens (including phenoxy) is 2. The second kappa shape index (κ2) is 6.43. The first kappa shape index (κ1) is 15.1. The van der Waals surface area contributed by atoms with E-state index < -0.39 is 0 Å². The first-order valence-corrected chi connectivity index (χ1v) is 6.92. The Kier molecular flexibility index (Phi) is 4.62. The second-order valence-electron chi connectivity index (χ2n) is 4.74. The van der Waals surface area contributed by atoms with Crippen LogP contribution in [0.25, 0.3) is 11.3 Å². The van der Waals surface area contributed by atoms with Gasteiger partial charge in [0, 0.05) is 18.2 Å². The molecular weight excluding hydrogens is 266 g/mol. The third kappa shape index (κ3) is 2.91. The van der Waals surface area contributed by atoms with Crippen molar-refractivity contribution in [3.05, 3.63) is 29.3 Å². The van der Waals surface area contributed by atoms with Crippen molar-refractivity contribution in [1.82, 2.24) is 10.2 Å². The van der Waals surface area contributed by atoms with Gasteiger partial charge in [0.05, 0.1) is 19.9 Å². The summed E-state index contributed by atoms with van der Waals surface area (Å²) in [6.45, 7) is 6.95. The van der Waals surface area contributed by atoms with E-state index in [0.717, 1.165) is 46.2 Å². The summed E-state index contributed by atoms with van der Waals surface area (Å²) in [5.41, 5.74) is 3.92. The molecule has 0 atom stereocenters. The highest BCUT2D eigenvalue weighted by Gasteiger charge is 2.15. The number of nitrogens with zero attached hydrogens (tertiary/aromatic N) is 2. The highest BCUT2D eigenvalue weighted by Crippen LogP contribution is 2.35. The van der Waals surface area contributed by atoms with Gasteiger partial charge in [-0.05, 0) is 44.0 Å². The number of rotatable bonds is 5. The Morgan fingerprint density at radius 2 is 1.81 bits per heavy atom. The molecule has 1 aromatic carbocycles. The van der Waals surface area contributed by atoms with Crippen LogP contribution in [0, 0.1) is 13.8 Å². The van der Waals surface area contributed by atoms with Gasteiger partial charge >= 0.3 is 0 Å². The number of hydrogen-bond donors (Lipinski definition) is 1. The topological polar surface area (TPSA) is 56.3 Å². The lowest BCUT2D eigenvalue weighted by Crippen LogP contribution is -2.06. The molecular formula is C16H21N3O2. The molecule has 0 saturated carbocycles. The molecule has 0 spiro atoms. The summed E-state index contributed by atoms with van der Waals surface area (Å²) in [5.74, 6) is 2.30. The molecule has 0 unspecified atom stereocenters. The Hall–Kier alpha value is -2.30. The summed E-state index contributed by atoms with van der Waals surface area (Å²) in [7, 11) is 3.27. The molecule has 0 radical (unpaired) electrons. The van der Waals surface area contributed by atoms with E-state index in [0.29, 0.717) is 0 Å². The predicted molar refractivity (Wildman–Crippen MR) is 84.2 cm³/mol. The first-order chi connectivity index (χ1) is 10.1. The molecule has 5 heteroatoms. The molecule has 0 saturated heterocycles. The lowest BCUT2D eigenvalue weighted by molar-refractivity contribution is 0.395. The third-order valence-corrected chi connectivity index (χ3v) is 3.53. The molecule has 0 amide bonds. The minimum Gasteiger partial charge on any atom is -0.497 e. The van der Waals surface area contributed by atoms with Crippen molar-refractivity contribution in [3.8, 4) is 22.8 Å². The molecule has 1 N–H and O–H groups in total. The molecule has 2 rings (SSSR count). The fourth-order valence-corrected chi connectivity index (χ4v) is 2.19. The van der Waals surface area contributed by atoms with Crippen LogP contribution in [-0.4, -0.2) is 31.0 Å². The summed E-state index contributed by atoms with van der Waals surface area (Å²) in [5, 5.41) is 11.9. The van der Waals surface area contributed by atoms with E-state index in [-0.39, 0.29) is 0 Å². The van der Waals surface area contributed by atoms with E-state index >= 15 is 0 Å². The van der Waals surface area contributed by atoms with Crippen LogP contribution in [0.5, 0.6) is 11.5 Å². The Bertz CT molecular complexity index is 642. The zero-order valence-corrected chi connectivity index (χ0v) is 13.2. The minimum absolute atomic E-state index is 0.724. The molecule has 112 valence electrons. The van der Waals surface area contributed by atoms with Crippen LogP contribution >= 0.6 is 0 Å². The molecule has 1 heterocycles. The van der Waals surface area contributed by atoms with E-state index in [1.807, 2.05) is 39.0 Å². The monoisotopic (exact) mass is 287 g/mol. The van der Waals surface area contributed by atoms with Crippen molar-refractivity contribution in [2.24, 2.45) is 0 Å². The van der Waals surface area contributed by atoms with E-state index in [4.69, 9.17) is 9.47 Å². The van der Waals surface area contributed by atoms with Gasteiger partial charge in [0.25, 0.3) is 0 Å². The number of nitrogens with one attached hydrogen (secondary N) is 1. The molecule has 0 aliphatic carbocycles. The fourth-order valence-electron chi connectivity index (χ4n) is 2.19. The quantitative estimate of drug-likeness (QED) is 0.915. The van der Waals surface area contributed by atoms with Crippen molar-refractivity contribution in [2.75, 3.05) is 26.1 Å². The molecule has 5 nitrogen and oxygen atoms in total. The minimum atomic E-state index is 0.724. The summed E-state index contributed by atoms with van der Waals surface area (Å²) in [6, 6.07) is 5.69. The largest absolute Gasteiger partial charge is 0.497 e. The zero-order chi connectivity index (χ0) is 15.4. The second-order valence-corrected chi connectivity index (χ2v) is 4.74. The fraction of sp³-hybridized carbons (Fsp3) is 0.375. The molecule has 0 aliphatic rings. The van der Waals surface area contributed by atoms with Gasteiger partial charge < -0.3 is 14.8 Å². The molecule has 0 bridgehead atoms. The zero-order valence-electron chi connectivity index (χ0n) is 13.2. The van der Waals surface area contributed by atoms with E-state index in [1.54, 1.807) is 14.2 Å². The van der Waals surface area contributed by atoms with Crippen molar-refractivity contribution in [1.29, 1.82) is 0 Å². The highest BCUT2D eigenvalue weighted by atomic mass is 16.5. The van der Waals surface area contributed by atoms with Crippen molar-refractivity contribution < 1.29 is 9.47 Å². The normalized spacial score (nSPS) is 10.3. The summed E-state index contributed by atoms with van der Waals surface area (Å²) in [4.78, 5) is 0. The average Bonchev–Trinajstić information content (AvgIpc) is 2.52. The maximum atomic E-state index is 5.45. The van der Waals surface area contributed by atoms with Crippen molar-refractivity contribution in [2.45, 2.75) is 20.8 Å². The van der Waals surface area contributed by atoms with Crippen LogP contribution in [0.2, 0.25) is 0 Å². The molecule has 21 heavy (non-hydrogen) atoms. The van der Waals surface area contributed by atoms with E-state index in [2.05, 4.69) is 15.5 Å². The lowest BCUT2D eigenvalue weighted by Gasteiger charge is -2.14. The highest BCUT2D eigenvalue weighted by molar-refractivity contribution is 5.73. The number of hydrogen-bond acceptors (Lipinski definition) is 5. The van der Waals surface area contributed by atoms with Gasteiger partial charge in [-0.1, -0.05) is 0 Å². The van der Waals surface area contributed by atoms with Crippen LogP contribution < -0.4 is 14.8 Å². The smallest absolute Gasteiger partial charge is 0.151 e. The van der Waals surface area contributed by atoms with Crippen molar-refractivity contribution in [3.63, 3.8) is 0 Å². The van der Waals surface area contributed by atoms with Gasteiger partial charge in [0.2, 0.25) is 0 Å². The summed E-state index contributed by atoms with van der Waals surface area (Å²) < 4.78 is 10.7. The Balaban J connectivity index is 2.54. The lowest BCUT2D eigenvalue weighted by atomic mass is 10.0. The number of aromatic nitrogens is 2. The SMILES string of the molecule is CCNc1nnc(-c2ccc(OC)cc2OC)c(C)c1C. The Morgan fingerprint density at radius 1 is 1.05 bits per heavy atom. The van der Waals surface area contributed by atoms with Crippen LogP contribution in [0.3, 0.4) is 0 Å².